The second-order valence-electron chi connectivity index (χ2n) is 11.7. The predicted octanol–water partition coefficient (Wildman–Crippen LogP) is 5.15. The zero-order valence-electron chi connectivity index (χ0n) is 25.3. The summed E-state index contributed by atoms with van der Waals surface area (Å²) < 4.78 is 27.3. The molecule has 0 aliphatic carbocycles. The van der Waals surface area contributed by atoms with Crippen molar-refractivity contribution in [3.05, 3.63) is 99.9 Å². The molecule has 0 amide bonds. The Kier molecular flexibility index (Phi) is 10.0. The van der Waals surface area contributed by atoms with E-state index < -0.39 is 32.2 Å². The smallest absolute Gasteiger partial charge is 0.261 e. The Morgan fingerprint density at radius 1 is 1.05 bits per heavy atom. The molecule has 0 spiro atoms. The molecular weight excluding hydrogens is 614 g/mol. The molecule has 9 heteroatoms. The summed E-state index contributed by atoms with van der Waals surface area (Å²) in [4.78, 5) is 13.2. The highest BCUT2D eigenvalue weighted by molar-refractivity contribution is 9.10. The molecule has 0 radical (unpaired) electrons. The van der Waals surface area contributed by atoms with Crippen LogP contribution < -0.4 is 20.5 Å². The Morgan fingerprint density at radius 2 is 1.62 bits per heavy atom. The van der Waals surface area contributed by atoms with E-state index >= 15 is 0 Å². The van der Waals surface area contributed by atoms with Gasteiger partial charge in [0.05, 0.1) is 23.3 Å². The fourth-order valence-electron chi connectivity index (χ4n) is 6.64. The third-order valence-corrected chi connectivity index (χ3v) is 14.2. The third-order valence-electron chi connectivity index (χ3n) is 8.56. The lowest BCUT2D eigenvalue weighted by Crippen LogP contribution is -2.67. The average Bonchev–Trinajstić information content (AvgIpc) is 2.98. The van der Waals surface area contributed by atoms with E-state index in [1.165, 1.54) is 7.11 Å². The standard InChI is InChI=1S/C33H42BrNO6Si/c1-8-15-26-30(37)33(40-7,31(39-6)27-29(38-5)28(36)25(34)22-35(26)27)20-21-41-42(32(2,3)4,23-16-11-9-12-17-23)24-18-13-10-14-19-24/h8-14,16-19,22,26,30-31,37H,1,15,20-21H2,2-7H3. The number of rotatable bonds is 11. The van der Waals surface area contributed by atoms with E-state index in [9.17, 15) is 9.90 Å². The minimum atomic E-state index is -2.85. The summed E-state index contributed by atoms with van der Waals surface area (Å²) in [5.74, 6) is 0.145. The van der Waals surface area contributed by atoms with E-state index in [1.807, 2.05) is 16.7 Å². The van der Waals surface area contributed by atoms with Gasteiger partial charge in [-0.15, -0.1) is 6.58 Å². The molecule has 0 saturated carbocycles. The lowest BCUT2D eigenvalue weighted by molar-refractivity contribution is -0.211. The van der Waals surface area contributed by atoms with Crippen molar-refractivity contribution in [2.24, 2.45) is 0 Å². The molecule has 0 fully saturated rings. The number of benzene rings is 2. The van der Waals surface area contributed by atoms with Crippen LogP contribution in [0.5, 0.6) is 5.75 Å². The second kappa shape index (κ2) is 13.0. The molecule has 4 atom stereocenters. The fourth-order valence-corrected chi connectivity index (χ4v) is 11.6. The number of allylic oxidation sites excluding steroid dienone is 1. The van der Waals surface area contributed by atoms with E-state index in [1.54, 1.807) is 26.5 Å². The molecule has 226 valence electrons. The van der Waals surface area contributed by atoms with Crippen LogP contribution in [0.4, 0.5) is 0 Å². The Balaban J connectivity index is 1.84. The van der Waals surface area contributed by atoms with Crippen LogP contribution in [0, 0.1) is 0 Å². The van der Waals surface area contributed by atoms with Gasteiger partial charge < -0.3 is 28.3 Å². The van der Waals surface area contributed by atoms with Gasteiger partial charge in [-0.2, -0.15) is 0 Å². The van der Waals surface area contributed by atoms with Gasteiger partial charge in [-0.1, -0.05) is 87.5 Å². The van der Waals surface area contributed by atoms with Gasteiger partial charge in [-0.05, 0) is 37.8 Å². The molecule has 1 aromatic heterocycles. The van der Waals surface area contributed by atoms with Gasteiger partial charge >= 0.3 is 0 Å². The van der Waals surface area contributed by atoms with E-state index in [-0.39, 0.29) is 22.8 Å². The highest BCUT2D eigenvalue weighted by atomic mass is 79.9. The topological polar surface area (TPSA) is 79.2 Å². The van der Waals surface area contributed by atoms with Crippen molar-refractivity contribution in [2.45, 2.75) is 62.5 Å². The van der Waals surface area contributed by atoms with Crippen molar-refractivity contribution in [2.75, 3.05) is 27.9 Å². The summed E-state index contributed by atoms with van der Waals surface area (Å²) in [6.07, 6.45) is 2.33. The largest absolute Gasteiger partial charge is 0.491 e. The van der Waals surface area contributed by atoms with Crippen LogP contribution in [0.25, 0.3) is 0 Å². The fraction of sp³-hybridized carbons (Fsp3) is 0.424. The van der Waals surface area contributed by atoms with Crippen molar-refractivity contribution >= 4 is 34.6 Å². The van der Waals surface area contributed by atoms with Gasteiger partial charge in [-0.3, -0.25) is 4.79 Å². The second-order valence-corrected chi connectivity index (χ2v) is 16.9. The number of pyridine rings is 1. The highest BCUT2D eigenvalue weighted by Crippen LogP contribution is 2.49. The summed E-state index contributed by atoms with van der Waals surface area (Å²) >= 11 is 3.37. The molecule has 1 N–H and O–H groups in total. The SMILES string of the molecule is C=CCC1C(O)C(CCO[Si](c2ccccc2)(c2ccccc2)C(C)(C)C)(OC)C(OC)c2c(OC)c(=O)c(Br)cn21. The molecule has 2 heterocycles. The number of fused-ring (bicyclic) bond motifs is 1. The van der Waals surface area contributed by atoms with Gasteiger partial charge in [0.25, 0.3) is 8.32 Å². The summed E-state index contributed by atoms with van der Waals surface area (Å²) in [6, 6.07) is 20.4. The van der Waals surface area contributed by atoms with Crippen molar-refractivity contribution in [3.8, 4) is 5.75 Å². The third kappa shape index (κ3) is 5.35. The molecule has 3 aromatic rings. The van der Waals surface area contributed by atoms with E-state index in [2.05, 4.69) is 91.8 Å². The Hall–Kier alpha value is -2.53. The maximum atomic E-state index is 13.2. The summed E-state index contributed by atoms with van der Waals surface area (Å²) in [5, 5.41) is 14.2. The maximum absolute atomic E-state index is 13.2. The van der Waals surface area contributed by atoms with Crippen molar-refractivity contribution < 1.29 is 23.7 Å². The van der Waals surface area contributed by atoms with Crippen molar-refractivity contribution in [3.63, 3.8) is 0 Å². The first-order valence-electron chi connectivity index (χ1n) is 14.1. The molecule has 4 rings (SSSR count). The molecule has 4 unspecified atom stereocenters. The average molecular weight is 657 g/mol. The zero-order valence-corrected chi connectivity index (χ0v) is 27.9. The first-order chi connectivity index (χ1) is 20.0. The first-order valence-corrected chi connectivity index (χ1v) is 16.8. The van der Waals surface area contributed by atoms with Crippen LogP contribution in [-0.4, -0.2) is 57.6 Å². The lowest BCUT2D eigenvalue weighted by Gasteiger charge is -2.51. The molecule has 1 aliphatic heterocycles. The van der Waals surface area contributed by atoms with Gasteiger partial charge in [0.2, 0.25) is 5.43 Å². The van der Waals surface area contributed by atoms with Crippen LogP contribution in [0.1, 0.15) is 51.5 Å². The van der Waals surface area contributed by atoms with Crippen LogP contribution in [0.2, 0.25) is 5.04 Å². The predicted molar refractivity (Wildman–Crippen MR) is 172 cm³/mol. The van der Waals surface area contributed by atoms with Crippen LogP contribution >= 0.6 is 15.9 Å². The Morgan fingerprint density at radius 3 is 2.07 bits per heavy atom. The minimum absolute atomic E-state index is 0.145. The molecule has 7 nitrogen and oxygen atoms in total. The Labute approximate surface area is 258 Å². The summed E-state index contributed by atoms with van der Waals surface area (Å²) in [7, 11) is 1.74. The quantitative estimate of drug-likeness (QED) is 0.227. The van der Waals surface area contributed by atoms with Crippen LogP contribution in [0.15, 0.2) is 88.8 Å². The normalized spacial score (nSPS) is 22.4. The summed E-state index contributed by atoms with van der Waals surface area (Å²) in [5.41, 5.74) is -1.03. The maximum Gasteiger partial charge on any atom is 0.261 e. The van der Waals surface area contributed by atoms with Gasteiger partial charge in [0, 0.05) is 33.4 Å². The number of halogens is 1. The molecule has 0 saturated heterocycles. The lowest BCUT2D eigenvalue weighted by atomic mass is 9.76. The number of aliphatic hydroxyl groups excluding tert-OH is 1. The summed E-state index contributed by atoms with van der Waals surface area (Å²) in [6.45, 7) is 10.9. The highest BCUT2D eigenvalue weighted by Gasteiger charge is 2.57. The van der Waals surface area contributed by atoms with Gasteiger partial charge in [0.1, 0.15) is 17.8 Å². The van der Waals surface area contributed by atoms with E-state index in [0.717, 1.165) is 10.4 Å². The number of methoxy groups -OCH3 is 3. The van der Waals surface area contributed by atoms with Crippen LogP contribution in [-0.2, 0) is 13.9 Å². The van der Waals surface area contributed by atoms with Gasteiger partial charge in [0.15, 0.2) is 5.75 Å². The number of ether oxygens (including phenoxy) is 3. The first kappa shape index (κ1) is 32.4. The zero-order chi connectivity index (χ0) is 30.7. The molecule has 0 bridgehead atoms. The van der Waals surface area contributed by atoms with E-state index in [4.69, 9.17) is 18.6 Å². The Bertz CT molecular complexity index is 1380. The van der Waals surface area contributed by atoms with Crippen molar-refractivity contribution in [1.82, 2.24) is 4.57 Å². The molecular formula is C33H42BrNO6Si. The van der Waals surface area contributed by atoms with Crippen molar-refractivity contribution in [1.29, 1.82) is 0 Å². The molecule has 42 heavy (non-hydrogen) atoms. The molecule has 1 aliphatic rings. The van der Waals surface area contributed by atoms with Crippen LogP contribution in [0.3, 0.4) is 0 Å². The minimum Gasteiger partial charge on any atom is -0.491 e. The molecule has 2 aromatic carbocycles. The number of aromatic nitrogens is 1. The number of aliphatic hydroxyl groups is 1. The van der Waals surface area contributed by atoms with E-state index in [0.29, 0.717) is 23.0 Å². The van der Waals surface area contributed by atoms with Gasteiger partial charge in [-0.25, -0.2) is 0 Å². The number of hydrogen-bond donors (Lipinski definition) is 1. The number of hydrogen-bond acceptors (Lipinski definition) is 6. The number of nitrogens with zero attached hydrogens (tertiary/aromatic N) is 1. The monoisotopic (exact) mass is 655 g/mol.